The van der Waals surface area contributed by atoms with Crippen molar-refractivity contribution in [3.05, 3.63) is 24.0 Å². The van der Waals surface area contributed by atoms with Crippen LogP contribution in [0.25, 0.3) is 0 Å². The quantitative estimate of drug-likeness (QED) is 0.826. The molecule has 2 heterocycles. The zero-order valence-corrected chi connectivity index (χ0v) is 10.7. The molecule has 0 bridgehead atoms. The molecular formula is C13H16N2O4. The molecule has 0 aliphatic carbocycles. The fourth-order valence-electron chi connectivity index (χ4n) is 2.40. The highest BCUT2D eigenvalue weighted by Gasteiger charge is 2.27. The second-order valence-corrected chi connectivity index (χ2v) is 4.48. The summed E-state index contributed by atoms with van der Waals surface area (Å²) in [5, 5.41) is 8.91. The van der Waals surface area contributed by atoms with E-state index in [1.807, 2.05) is 4.90 Å². The number of hydrogen-bond acceptors (Lipinski definition) is 5. The number of ether oxygens (including phenoxy) is 1. The molecule has 0 radical (unpaired) electrons. The average Bonchev–Trinajstić information content (AvgIpc) is 2.85. The molecule has 0 aromatic carbocycles. The first-order chi connectivity index (χ1) is 9.11. The van der Waals surface area contributed by atoms with E-state index in [0.717, 1.165) is 25.1 Å². The average molecular weight is 264 g/mol. The second-order valence-electron chi connectivity index (χ2n) is 4.48. The number of carbonyl (C=O) groups excluding carboxylic acids is 1. The predicted octanol–water partition coefficient (Wildman–Crippen LogP) is 1.31. The van der Waals surface area contributed by atoms with Gasteiger partial charge in [0.1, 0.15) is 5.69 Å². The van der Waals surface area contributed by atoms with Gasteiger partial charge in [0.25, 0.3) is 0 Å². The van der Waals surface area contributed by atoms with Crippen LogP contribution in [0.2, 0.25) is 0 Å². The number of carbonyl (C=O) groups is 2. The summed E-state index contributed by atoms with van der Waals surface area (Å²) in [6.07, 6.45) is 3.45. The molecule has 1 fully saturated rings. The van der Waals surface area contributed by atoms with E-state index in [4.69, 9.17) is 5.11 Å². The lowest BCUT2D eigenvalue weighted by molar-refractivity contribution is -0.137. The number of aromatic nitrogens is 1. The summed E-state index contributed by atoms with van der Waals surface area (Å²) in [7, 11) is 1.31. The molecule has 0 amide bonds. The summed E-state index contributed by atoms with van der Waals surface area (Å²) in [5.41, 5.74) is 1.06. The van der Waals surface area contributed by atoms with Gasteiger partial charge in [0, 0.05) is 24.5 Å². The van der Waals surface area contributed by atoms with Gasteiger partial charge in [-0.25, -0.2) is 9.78 Å². The molecule has 1 unspecified atom stereocenters. The smallest absolute Gasteiger partial charge is 0.356 e. The van der Waals surface area contributed by atoms with Gasteiger partial charge in [0.05, 0.1) is 13.5 Å². The maximum absolute atomic E-state index is 11.4. The van der Waals surface area contributed by atoms with Crippen molar-refractivity contribution in [2.75, 3.05) is 18.6 Å². The van der Waals surface area contributed by atoms with Crippen molar-refractivity contribution >= 4 is 17.6 Å². The van der Waals surface area contributed by atoms with Crippen LogP contribution in [0, 0.1) is 0 Å². The minimum Gasteiger partial charge on any atom is -0.481 e. The molecule has 1 atom stereocenters. The Balaban J connectivity index is 2.20. The largest absolute Gasteiger partial charge is 0.481 e. The molecule has 1 N–H and O–H groups in total. The molecule has 2 rings (SSSR count). The third-order valence-electron chi connectivity index (χ3n) is 3.26. The lowest BCUT2D eigenvalue weighted by Crippen LogP contribution is -2.31. The highest BCUT2D eigenvalue weighted by molar-refractivity contribution is 5.88. The zero-order valence-electron chi connectivity index (χ0n) is 10.7. The molecular weight excluding hydrogens is 248 g/mol. The van der Waals surface area contributed by atoms with Crippen LogP contribution in [-0.2, 0) is 9.53 Å². The number of carboxylic acid groups (broad SMARTS) is 1. The first kappa shape index (κ1) is 13.3. The lowest BCUT2D eigenvalue weighted by atomic mass is 10.1. The maximum Gasteiger partial charge on any atom is 0.356 e. The topological polar surface area (TPSA) is 79.7 Å². The summed E-state index contributed by atoms with van der Waals surface area (Å²) in [6, 6.07) is 3.41. The van der Waals surface area contributed by atoms with Gasteiger partial charge >= 0.3 is 11.9 Å². The zero-order chi connectivity index (χ0) is 13.8. The van der Waals surface area contributed by atoms with Crippen molar-refractivity contribution < 1.29 is 19.4 Å². The third-order valence-corrected chi connectivity index (χ3v) is 3.26. The van der Waals surface area contributed by atoms with Crippen molar-refractivity contribution in [1.29, 1.82) is 0 Å². The number of aliphatic carboxylic acids is 1. The van der Waals surface area contributed by atoms with Crippen LogP contribution < -0.4 is 4.90 Å². The highest BCUT2D eigenvalue weighted by Crippen LogP contribution is 2.27. The molecule has 1 aromatic rings. The first-order valence-electron chi connectivity index (χ1n) is 6.14. The third kappa shape index (κ3) is 3.01. The van der Waals surface area contributed by atoms with E-state index in [1.165, 1.54) is 13.3 Å². The summed E-state index contributed by atoms with van der Waals surface area (Å²) in [6.45, 7) is 0.794. The normalized spacial score (nSPS) is 18.4. The van der Waals surface area contributed by atoms with E-state index in [1.54, 1.807) is 12.1 Å². The summed E-state index contributed by atoms with van der Waals surface area (Å²) >= 11 is 0. The Morgan fingerprint density at radius 3 is 3.05 bits per heavy atom. The predicted molar refractivity (Wildman–Crippen MR) is 68.2 cm³/mol. The van der Waals surface area contributed by atoms with Crippen molar-refractivity contribution in [2.45, 2.75) is 25.3 Å². The lowest BCUT2D eigenvalue weighted by Gasteiger charge is -2.25. The second kappa shape index (κ2) is 5.69. The van der Waals surface area contributed by atoms with E-state index in [-0.39, 0.29) is 18.2 Å². The Labute approximate surface area is 111 Å². The highest BCUT2D eigenvalue weighted by atomic mass is 16.5. The molecule has 0 saturated carbocycles. The summed E-state index contributed by atoms with van der Waals surface area (Å²) in [4.78, 5) is 28.2. The standard InChI is InChI=1S/C13H16N2O4/c1-19-13(18)11-7-10(4-5-14-11)15-6-2-3-9(15)8-12(16)17/h4-5,7,9H,2-3,6,8H2,1H3,(H,16,17). The number of hydrogen-bond donors (Lipinski definition) is 1. The molecule has 1 saturated heterocycles. The van der Waals surface area contributed by atoms with Gasteiger partial charge in [0.2, 0.25) is 0 Å². The number of esters is 1. The number of carboxylic acids is 1. The van der Waals surface area contributed by atoms with Crippen LogP contribution in [0.5, 0.6) is 0 Å². The Morgan fingerprint density at radius 2 is 2.37 bits per heavy atom. The van der Waals surface area contributed by atoms with Crippen LogP contribution in [0.1, 0.15) is 29.8 Å². The van der Waals surface area contributed by atoms with Crippen LogP contribution in [0.3, 0.4) is 0 Å². The SMILES string of the molecule is COC(=O)c1cc(N2CCCC2CC(=O)O)ccn1. The Bertz CT molecular complexity index is 489. The fraction of sp³-hybridized carbons (Fsp3) is 0.462. The number of nitrogens with zero attached hydrogens (tertiary/aromatic N) is 2. The Morgan fingerprint density at radius 1 is 1.58 bits per heavy atom. The van der Waals surface area contributed by atoms with Gasteiger partial charge in [-0.1, -0.05) is 0 Å². The van der Waals surface area contributed by atoms with Crippen LogP contribution in [-0.4, -0.2) is 41.7 Å². The van der Waals surface area contributed by atoms with E-state index in [0.29, 0.717) is 0 Å². The van der Waals surface area contributed by atoms with Gasteiger partial charge < -0.3 is 14.7 Å². The molecule has 1 aromatic heterocycles. The van der Waals surface area contributed by atoms with Gasteiger partial charge in [-0.3, -0.25) is 4.79 Å². The first-order valence-corrected chi connectivity index (χ1v) is 6.14. The van der Waals surface area contributed by atoms with Gasteiger partial charge in [-0.15, -0.1) is 0 Å². The molecule has 1 aliphatic heterocycles. The van der Waals surface area contributed by atoms with E-state index < -0.39 is 11.9 Å². The Kier molecular flexibility index (Phi) is 3.99. The van der Waals surface area contributed by atoms with Crippen molar-refractivity contribution in [3.63, 3.8) is 0 Å². The molecule has 19 heavy (non-hydrogen) atoms. The molecule has 6 nitrogen and oxygen atoms in total. The number of methoxy groups -OCH3 is 1. The minimum absolute atomic E-state index is 0.0228. The summed E-state index contributed by atoms with van der Waals surface area (Å²) < 4.78 is 4.63. The van der Waals surface area contributed by atoms with E-state index >= 15 is 0 Å². The van der Waals surface area contributed by atoms with E-state index in [9.17, 15) is 9.59 Å². The minimum atomic E-state index is -0.806. The van der Waals surface area contributed by atoms with Crippen molar-refractivity contribution in [3.8, 4) is 0 Å². The van der Waals surface area contributed by atoms with Gasteiger partial charge in [-0.2, -0.15) is 0 Å². The number of pyridine rings is 1. The number of anilines is 1. The molecule has 102 valence electrons. The fourth-order valence-corrected chi connectivity index (χ4v) is 2.40. The summed E-state index contributed by atoms with van der Waals surface area (Å²) in [5.74, 6) is -1.30. The Hall–Kier alpha value is -2.11. The van der Waals surface area contributed by atoms with E-state index in [2.05, 4.69) is 9.72 Å². The monoisotopic (exact) mass is 264 g/mol. The van der Waals surface area contributed by atoms with Crippen LogP contribution >= 0.6 is 0 Å². The number of rotatable bonds is 4. The molecule has 0 spiro atoms. The molecule has 6 heteroatoms. The van der Waals surface area contributed by atoms with Gasteiger partial charge in [-0.05, 0) is 25.0 Å². The van der Waals surface area contributed by atoms with Gasteiger partial charge in [0.15, 0.2) is 0 Å². The molecule has 1 aliphatic rings. The maximum atomic E-state index is 11.4. The van der Waals surface area contributed by atoms with Crippen molar-refractivity contribution in [2.24, 2.45) is 0 Å². The van der Waals surface area contributed by atoms with Crippen molar-refractivity contribution in [1.82, 2.24) is 4.98 Å². The van der Waals surface area contributed by atoms with Crippen LogP contribution in [0.15, 0.2) is 18.3 Å². The van der Waals surface area contributed by atoms with Crippen LogP contribution in [0.4, 0.5) is 5.69 Å².